The number of nitrogens with one attached hydrogen (secondary N) is 2. The highest BCUT2D eigenvalue weighted by Gasteiger charge is 2.18. The molecular formula is C19H26N6O2. The minimum absolute atomic E-state index is 0.224. The molecule has 1 aliphatic heterocycles. The lowest BCUT2D eigenvalue weighted by Gasteiger charge is -2.34. The van der Waals surface area contributed by atoms with Gasteiger partial charge in [0.05, 0.1) is 12.3 Å². The third kappa shape index (κ3) is 5.55. The zero-order valence-corrected chi connectivity index (χ0v) is 15.6. The summed E-state index contributed by atoms with van der Waals surface area (Å²) in [5, 5.41) is 5.75. The van der Waals surface area contributed by atoms with Crippen LogP contribution in [-0.4, -0.2) is 66.8 Å². The Labute approximate surface area is 159 Å². The Morgan fingerprint density at radius 2 is 1.85 bits per heavy atom. The van der Waals surface area contributed by atoms with Crippen molar-refractivity contribution in [1.82, 2.24) is 20.2 Å². The molecule has 0 atom stereocenters. The van der Waals surface area contributed by atoms with E-state index in [1.165, 1.54) is 0 Å². The number of piperazine rings is 1. The number of hydrogen-bond donors (Lipinski definition) is 2. The molecule has 3 rings (SSSR count). The molecule has 27 heavy (non-hydrogen) atoms. The van der Waals surface area contributed by atoms with E-state index in [0.29, 0.717) is 24.6 Å². The molecule has 2 amide bonds. The van der Waals surface area contributed by atoms with E-state index in [4.69, 9.17) is 4.74 Å². The van der Waals surface area contributed by atoms with Crippen LogP contribution in [0, 0.1) is 0 Å². The summed E-state index contributed by atoms with van der Waals surface area (Å²) in [6.07, 6.45) is 3.53. The highest BCUT2D eigenvalue weighted by molar-refractivity contribution is 5.90. The molecule has 0 unspecified atom stereocenters. The second kappa shape index (κ2) is 9.72. The number of aromatic nitrogens is 2. The van der Waals surface area contributed by atoms with Crippen molar-refractivity contribution in [1.29, 1.82) is 0 Å². The highest BCUT2D eigenvalue weighted by atomic mass is 16.5. The molecule has 0 saturated carbocycles. The summed E-state index contributed by atoms with van der Waals surface area (Å²) in [4.78, 5) is 25.2. The van der Waals surface area contributed by atoms with Crippen LogP contribution in [0.2, 0.25) is 0 Å². The predicted molar refractivity (Wildman–Crippen MR) is 105 cm³/mol. The average molecular weight is 370 g/mol. The van der Waals surface area contributed by atoms with E-state index >= 15 is 0 Å². The topological polar surface area (TPSA) is 82.6 Å². The minimum atomic E-state index is -0.224. The predicted octanol–water partition coefficient (Wildman–Crippen LogP) is 1.82. The molecule has 1 aromatic heterocycles. The molecule has 1 aliphatic rings. The van der Waals surface area contributed by atoms with Crippen molar-refractivity contribution in [2.45, 2.75) is 6.92 Å². The van der Waals surface area contributed by atoms with Crippen molar-refractivity contribution in [3.8, 4) is 5.75 Å². The van der Waals surface area contributed by atoms with Crippen LogP contribution in [0.1, 0.15) is 6.92 Å². The van der Waals surface area contributed by atoms with E-state index in [1.54, 1.807) is 12.4 Å². The Kier molecular flexibility index (Phi) is 6.81. The Bertz CT molecular complexity index is 719. The molecule has 1 saturated heterocycles. The lowest BCUT2D eigenvalue weighted by atomic mass is 10.3. The van der Waals surface area contributed by atoms with Gasteiger partial charge in [0.1, 0.15) is 5.75 Å². The van der Waals surface area contributed by atoms with Crippen molar-refractivity contribution in [3.05, 3.63) is 42.7 Å². The number of rotatable bonds is 7. The maximum Gasteiger partial charge on any atom is 0.319 e. The number of ether oxygens (including phenoxy) is 1. The Morgan fingerprint density at radius 1 is 1.11 bits per heavy atom. The van der Waals surface area contributed by atoms with E-state index < -0.39 is 0 Å². The maximum absolute atomic E-state index is 12.1. The summed E-state index contributed by atoms with van der Waals surface area (Å²) >= 11 is 0. The molecule has 8 heteroatoms. The fourth-order valence-electron chi connectivity index (χ4n) is 2.97. The first-order valence-electron chi connectivity index (χ1n) is 9.27. The van der Waals surface area contributed by atoms with E-state index in [-0.39, 0.29) is 6.03 Å². The molecule has 2 aromatic rings. The van der Waals surface area contributed by atoms with Gasteiger partial charge in [0.15, 0.2) is 0 Å². The van der Waals surface area contributed by atoms with Crippen LogP contribution < -0.4 is 20.3 Å². The smallest absolute Gasteiger partial charge is 0.319 e. The SMILES string of the molecule is CCOc1ccccc1NC(=O)NCCN1CCN(c2ncccn2)CC1. The first kappa shape index (κ1) is 18.9. The lowest BCUT2D eigenvalue weighted by Crippen LogP contribution is -2.49. The summed E-state index contributed by atoms with van der Waals surface area (Å²) in [7, 11) is 0. The van der Waals surface area contributed by atoms with Gasteiger partial charge in [-0.15, -0.1) is 0 Å². The Morgan fingerprint density at radius 3 is 2.59 bits per heavy atom. The molecule has 1 fully saturated rings. The number of nitrogens with zero attached hydrogens (tertiary/aromatic N) is 4. The van der Waals surface area contributed by atoms with Crippen LogP contribution in [0.25, 0.3) is 0 Å². The summed E-state index contributed by atoms with van der Waals surface area (Å²) in [5.41, 5.74) is 0.674. The van der Waals surface area contributed by atoms with Crippen molar-refractivity contribution in [3.63, 3.8) is 0 Å². The first-order chi connectivity index (χ1) is 13.3. The van der Waals surface area contributed by atoms with Crippen molar-refractivity contribution < 1.29 is 9.53 Å². The second-order valence-electron chi connectivity index (χ2n) is 6.19. The molecule has 2 N–H and O–H groups in total. The van der Waals surface area contributed by atoms with Crippen LogP contribution in [-0.2, 0) is 0 Å². The fourth-order valence-corrected chi connectivity index (χ4v) is 2.97. The van der Waals surface area contributed by atoms with Crippen molar-refractivity contribution in [2.75, 3.05) is 56.1 Å². The monoisotopic (exact) mass is 370 g/mol. The summed E-state index contributed by atoms with van der Waals surface area (Å²) in [6.45, 7) is 7.49. The number of benzene rings is 1. The highest BCUT2D eigenvalue weighted by Crippen LogP contribution is 2.23. The maximum atomic E-state index is 12.1. The standard InChI is InChI=1S/C19H26N6O2/c1-2-27-17-7-4-3-6-16(17)23-19(26)22-10-11-24-12-14-25(15-13-24)18-20-8-5-9-21-18/h3-9H,2,10-15H2,1H3,(H2,22,23,26). The molecule has 0 aliphatic carbocycles. The van der Waals surface area contributed by atoms with Crippen LogP contribution in [0.3, 0.4) is 0 Å². The summed E-state index contributed by atoms with van der Waals surface area (Å²) in [5.74, 6) is 1.46. The van der Waals surface area contributed by atoms with Gasteiger partial charge in [0.2, 0.25) is 5.95 Å². The van der Waals surface area contributed by atoms with Crippen molar-refractivity contribution in [2.24, 2.45) is 0 Å². The number of carbonyl (C=O) groups is 1. The van der Waals surface area contributed by atoms with E-state index in [9.17, 15) is 4.79 Å². The first-order valence-corrected chi connectivity index (χ1v) is 9.27. The molecule has 144 valence electrons. The second-order valence-corrected chi connectivity index (χ2v) is 6.19. The van der Waals surface area contributed by atoms with Gasteiger partial charge in [-0.3, -0.25) is 4.90 Å². The van der Waals surface area contributed by atoms with Gasteiger partial charge >= 0.3 is 6.03 Å². The lowest BCUT2D eigenvalue weighted by molar-refractivity contribution is 0.240. The largest absolute Gasteiger partial charge is 0.492 e. The van der Waals surface area contributed by atoms with Gasteiger partial charge in [0, 0.05) is 51.7 Å². The fraction of sp³-hybridized carbons (Fsp3) is 0.421. The van der Waals surface area contributed by atoms with Gasteiger partial charge in [-0.05, 0) is 25.1 Å². The number of amides is 2. The minimum Gasteiger partial charge on any atom is -0.492 e. The molecule has 0 bridgehead atoms. The Hall–Kier alpha value is -2.87. The number of carbonyl (C=O) groups excluding carboxylic acids is 1. The summed E-state index contributed by atoms with van der Waals surface area (Å²) < 4.78 is 5.52. The quantitative estimate of drug-likeness (QED) is 0.774. The third-order valence-corrected chi connectivity index (χ3v) is 4.36. The van der Waals surface area contributed by atoms with Crippen LogP contribution in [0.4, 0.5) is 16.4 Å². The van der Waals surface area contributed by atoms with Gasteiger partial charge in [-0.25, -0.2) is 14.8 Å². The Balaban J connectivity index is 1.37. The van der Waals surface area contributed by atoms with E-state index in [0.717, 1.165) is 38.7 Å². The molecule has 0 spiro atoms. The van der Waals surface area contributed by atoms with Gasteiger partial charge < -0.3 is 20.3 Å². The molecule has 8 nitrogen and oxygen atoms in total. The number of para-hydroxylation sites is 2. The number of anilines is 2. The van der Waals surface area contributed by atoms with Crippen LogP contribution in [0.5, 0.6) is 5.75 Å². The number of urea groups is 1. The average Bonchev–Trinajstić information content (AvgIpc) is 2.71. The zero-order valence-electron chi connectivity index (χ0n) is 15.6. The van der Waals surface area contributed by atoms with Gasteiger partial charge in [-0.1, -0.05) is 12.1 Å². The van der Waals surface area contributed by atoms with Crippen LogP contribution >= 0.6 is 0 Å². The third-order valence-electron chi connectivity index (χ3n) is 4.36. The molecular weight excluding hydrogens is 344 g/mol. The normalized spacial score (nSPS) is 14.6. The van der Waals surface area contributed by atoms with Gasteiger partial charge in [-0.2, -0.15) is 0 Å². The van der Waals surface area contributed by atoms with Gasteiger partial charge in [0.25, 0.3) is 0 Å². The van der Waals surface area contributed by atoms with E-state index in [2.05, 4.69) is 30.4 Å². The molecule has 0 radical (unpaired) electrons. The molecule has 2 heterocycles. The summed E-state index contributed by atoms with van der Waals surface area (Å²) in [6, 6.07) is 9.02. The zero-order chi connectivity index (χ0) is 18.9. The van der Waals surface area contributed by atoms with Crippen LogP contribution in [0.15, 0.2) is 42.7 Å². The number of hydrogen-bond acceptors (Lipinski definition) is 6. The molecule has 1 aromatic carbocycles. The van der Waals surface area contributed by atoms with Crippen molar-refractivity contribution >= 4 is 17.7 Å². The van der Waals surface area contributed by atoms with E-state index in [1.807, 2.05) is 37.3 Å².